The van der Waals surface area contributed by atoms with Crippen molar-refractivity contribution in [1.29, 1.82) is 0 Å². The van der Waals surface area contributed by atoms with Crippen LogP contribution in [0.25, 0.3) is 0 Å². The fourth-order valence-electron chi connectivity index (χ4n) is 0.865. The molecule has 1 atom stereocenters. The van der Waals surface area contributed by atoms with E-state index in [1.807, 2.05) is 0 Å². The van der Waals surface area contributed by atoms with Crippen LogP contribution in [0.15, 0.2) is 24.3 Å². The molecule has 0 heterocycles. The summed E-state index contributed by atoms with van der Waals surface area (Å²) in [7, 11) is -2.38. The third-order valence-electron chi connectivity index (χ3n) is 1.40. The van der Waals surface area contributed by atoms with Crippen molar-refractivity contribution >= 4 is 15.3 Å². The molecule has 0 radical (unpaired) electrons. The first-order valence-corrected chi connectivity index (χ1v) is 5.92. The van der Waals surface area contributed by atoms with Crippen LogP contribution in [-0.4, -0.2) is 25.2 Å². The molecule has 0 aliphatic heterocycles. The number of carbonyl (C=O) groups is 1. The van der Waals surface area contributed by atoms with Gasteiger partial charge in [-0.05, 0) is 18.7 Å². The minimum absolute atomic E-state index is 0. The summed E-state index contributed by atoms with van der Waals surface area (Å²) >= 11 is 0. The Morgan fingerprint density at radius 1 is 1.43 bits per heavy atom. The topological polar surface area (TPSA) is 66.8 Å². The summed E-state index contributed by atoms with van der Waals surface area (Å²) in [5.74, 6) is -0.818. The maximum absolute atomic E-state index is 11.2. The molecule has 0 spiro atoms. The van der Waals surface area contributed by atoms with Gasteiger partial charge in [-0.1, -0.05) is 12.1 Å². The maximum Gasteiger partial charge on any atom is 0.379 e. The van der Waals surface area contributed by atoms with Crippen molar-refractivity contribution in [3.63, 3.8) is 0 Å². The van der Waals surface area contributed by atoms with E-state index in [4.69, 9.17) is 4.80 Å². The smallest absolute Gasteiger partial charge is 0.379 e. The van der Waals surface area contributed by atoms with Gasteiger partial charge in [-0.25, -0.2) is 4.79 Å². The van der Waals surface area contributed by atoms with Crippen molar-refractivity contribution in [2.24, 2.45) is 0 Å². The number of hydrogen-bond acceptors (Lipinski definition) is 4. The Morgan fingerprint density at radius 3 is 2.50 bits per heavy atom. The second-order valence-electron chi connectivity index (χ2n) is 2.52. The summed E-state index contributed by atoms with van der Waals surface area (Å²) in [5.41, 5.74) is 0.0795. The van der Waals surface area contributed by atoms with Crippen molar-refractivity contribution in [3.8, 4) is 5.75 Å². The first-order valence-electron chi connectivity index (χ1n) is 3.78. The van der Waals surface area contributed by atoms with E-state index in [1.54, 1.807) is 12.1 Å². The summed E-state index contributed by atoms with van der Waals surface area (Å²) in [4.78, 5) is 20.1. The van der Waals surface area contributed by atoms with Crippen LogP contribution in [0.1, 0.15) is 10.4 Å². The first kappa shape index (κ1) is 13.2. The Hall–Kier alpha value is -0.814. The molecular formula is C8H10FeO4Si. The molecule has 1 unspecified atom stereocenters. The van der Waals surface area contributed by atoms with Gasteiger partial charge in [0.15, 0.2) is 0 Å². The number of phenolic OH excluding ortho intramolecular Hbond substituents is 1. The van der Waals surface area contributed by atoms with Gasteiger partial charge in [-0.2, -0.15) is 0 Å². The van der Waals surface area contributed by atoms with Gasteiger partial charge in [0.1, 0.15) is 11.3 Å². The summed E-state index contributed by atoms with van der Waals surface area (Å²) in [6.45, 7) is 1.46. The van der Waals surface area contributed by atoms with Gasteiger partial charge in [0.25, 0.3) is 0 Å². The van der Waals surface area contributed by atoms with Crippen molar-refractivity contribution in [3.05, 3.63) is 29.8 Å². The van der Waals surface area contributed by atoms with Gasteiger partial charge in [-0.3, -0.25) is 0 Å². The molecular weight excluding hydrogens is 244 g/mol. The largest absolute Gasteiger partial charge is 0.507 e. The Morgan fingerprint density at radius 2 is 2.00 bits per heavy atom. The van der Waals surface area contributed by atoms with E-state index in [2.05, 4.69) is 4.43 Å². The number of hydrogen-bond donors (Lipinski definition) is 2. The zero-order chi connectivity index (χ0) is 9.84. The van der Waals surface area contributed by atoms with Gasteiger partial charge in [0, 0.05) is 17.1 Å². The van der Waals surface area contributed by atoms with Gasteiger partial charge in [-0.15, -0.1) is 0 Å². The van der Waals surface area contributed by atoms with Gasteiger partial charge in [0.05, 0.1) is 0 Å². The first-order chi connectivity index (χ1) is 6.11. The van der Waals surface area contributed by atoms with Crippen molar-refractivity contribution in [2.75, 3.05) is 0 Å². The molecule has 78 valence electrons. The number of aromatic hydroxyl groups is 1. The molecule has 2 N–H and O–H groups in total. The third-order valence-corrected chi connectivity index (χ3v) is 1.96. The Labute approximate surface area is 93.8 Å². The van der Waals surface area contributed by atoms with E-state index >= 15 is 0 Å². The van der Waals surface area contributed by atoms with Gasteiger partial charge < -0.3 is 14.3 Å². The third kappa shape index (κ3) is 3.51. The molecule has 0 aliphatic rings. The van der Waals surface area contributed by atoms with Crippen LogP contribution < -0.4 is 0 Å². The molecule has 0 bridgehead atoms. The molecule has 6 heteroatoms. The molecule has 0 saturated heterocycles. The molecule has 0 aromatic heterocycles. The Balaban J connectivity index is 0.00000169. The van der Waals surface area contributed by atoms with Crippen LogP contribution in [-0.2, 0) is 21.5 Å². The fraction of sp³-hybridized carbons (Fsp3) is 0.125. The van der Waals surface area contributed by atoms with Crippen LogP contribution in [0.4, 0.5) is 0 Å². The zero-order valence-electron chi connectivity index (χ0n) is 7.45. The molecule has 0 amide bonds. The number of carbonyl (C=O) groups excluding carboxylic acids is 1. The molecule has 14 heavy (non-hydrogen) atoms. The Kier molecular flexibility index (Phi) is 5.48. The normalized spacial score (nSPS) is 11.3. The van der Waals surface area contributed by atoms with Gasteiger partial charge in [0.2, 0.25) is 0 Å². The second kappa shape index (κ2) is 5.82. The van der Waals surface area contributed by atoms with E-state index in [0.717, 1.165) is 0 Å². The average Bonchev–Trinajstić information content (AvgIpc) is 2.03. The standard InChI is InChI=1S/C8H10O4Si.Fe/c1-13(11)12-8(10)6-4-2-3-5-7(6)9;/h2-5,9,11,13H,1H3;. The second-order valence-corrected chi connectivity index (χ2v) is 3.96. The van der Waals surface area contributed by atoms with Crippen LogP contribution >= 0.6 is 0 Å². The predicted molar refractivity (Wildman–Crippen MR) is 48.8 cm³/mol. The average molecular weight is 254 g/mol. The summed E-state index contributed by atoms with van der Waals surface area (Å²) in [6.07, 6.45) is 0. The maximum atomic E-state index is 11.2. The SMILES string of the molecule is C[SiH](O)OC(=O)c1ccccc1O.[Fe]. The fourth-order valence-corrected chi connectivity index (χ4v) is 1.30. The molecule has 4 nitrogen and oxygen atoms in total. The molecule has 0 saturated carbocycles. The van der Waals surface area contributed by atoms with Crippen LogP contribution in [0, 0.1) is 0 Å². The quantitative estimate of drug-likeness (QED) is 0.749. The molecule has 0 aliphatic carbocycles. The van der Waals surface area contributed by atoms with E-state index in [1.165, 1.54) is 18.7 Å². The van der Waals surface area contributed by atoms with Crippen LogP contribution in [0.2, 0.25) is 6.55 Å². The monoisotopic (exact) mass is 254 g/mol. The number of para-hydroxylation sites is 1. The van der Waals surface area contributed by atoms with E-state index < -0.39 is 15.3 Å². The zero-order valence-corrected chi connectivity index (χ0v) is 9.71. The summed E-state index contributed by atoms with van der Waals surface area (Å²) in [5, 5.41) is 9.23. The Bertz CT molecular complexity index is 316. The molecule has 1 aromatic rings. The van der Waals surface area contributed by atoms with Crippen molar-refractivity contribution in [2.45, 2.75) is 6.55 Å². The predicted octanol–water partition coefficient (Wildman–Crippen LogP) is 0.389. The minimum Gasteiger partial charge on any atom is -0.507 e. The number of phenols is 1. The number of benzene rings is 1. The minimum atomic E-state index is -2.38. The molecule has 0 fully saturated rings. The summed E-state index contributed by atoms with van der Waals surface area (Å²) in [6, 6.07) is 6.04. The number of rotatable bonds is 2. The van der Waals surface area contributed by atoms with Crippen LogP contribution in [0.3, 0.4) is 0 Å². The van der Waals surface area contributed by atoms with E-state index in [0.29, 0.717) is 0 Å². The molecule has 1 rings (SSSR count). The van der Waals surface area contributed by atoms with Crippen molar-refractivity contribution < 1.29 is 36.2 Å². The summed E-state index contributed by atoms with van der Waals surface area (Å²) < 4.78 is 4.61. The van der Waals surface area contributed by atoms with Crippen molar-refractivity contribution in [1.82, 2.24) is 0 Å². The van der Waals surface area contributed by atoms with E-state index in [-0.39, 0.29) is 28.4 Å². The molecule has 1 aromatic carbocycles. The van der Waals surface area contributed by atoms with Crippen LogP contribution in [0.5, 0.6) is 5.75 Å². The van der Waals surface area contributed by atoms with E-state index in [9.17, 15) is 9.90 Å². The van der Waals surface area contributed by atoms with Gasteiger partial charge >= 0.3 is 15.3 Å².